The normalized spacial score (nSPS) is 22.0. The standard InChI is InChI=1S/C17H28N2O2/c1-2-10-21-16-9-5-8-15(17(16)18)19-11-13-6-3-4-7-14(13)12-20/h5,8-9,13-14,19-20H,2-4,6-7,10-12,18H2,1H3. The second-order valence-electron chi connectivity index (χ2n) is 5.93. The molecule has 0 aromatic heterocycles. The van der Waals surface area contributed by atoms with Gasteiger partial charge >= 0.3 is 0 Å². The Morgan fingerprint density at radius 2 is 2.05 bits per heavy atom. The fourth-order valence-electron chi connectivity index (χ4n) is 3.07. The fourth-order valence-corrected chi connectivity index (χ4v) is 3.07. The first kappa shape index (κ1) is 16.0. The van der Waals surface area contributed by atoms with Crippen molar-refractivity contribution in [2.75, 3.05) is 30.8 Å². The quantitative estimate of drug-likeness (QED) is 0.675. The molecule has 4 heteroatoms. The first-order chi connectivity index (χ1) is 10.3. The van der Waals surface area contributed by atoms with Crippen LogP contribution in [0.3, 0.4) is 0 Å². The van der Waals surface area contributed by atoms with Gasteiger partial charge in [-0.05, 0) is 43.2 Å². The second-order valence-corrected chi connectivity index (χ2v) is 5.93. The predicted octanol–water partition coefficient (Wildman–Crippen LogP) is 3.27. The van der Waals surface area contributed by atoms with Crippen LogP contribution >= 0.6 is 0 Å². The number of para-hydroxylation sites is 1. The zero-order valence-corrected chi connectivity index (χ0v) is 13.0. The molecule has 0 heterocycles. The average molecular weight is 292 g/mol. The van der Waals surface area contributed by atoms with Crippen LogP contribution in [0.2, 0.25) is 0 Å². The summed E-state index contributed by atoms with van der Waals surface area (Å²) in [6, 6.07) is 5.87. The van der Waals surface area contributed by atoms with Gasteiger partial charge in [0, 0.05) is 13.2 Å². The van der Waals surface area contributed by atoms with E-state index in [9.17, 15) is 5.11 Å². The lowest BCUT2D eigenvalue weighted by molar-refractivity contribution is 0.141. The van der Waals surface area contributed by atoms with Gasteiger partial charge in [-0.15, -0.1) is 0 Å². The van der Waals surface area contributed by atoms with Gasteiger partial charge in [0.15, 0.2) is 0 Å². The van der Waals surface area contributed by atoms with E-state index in [1.807, 2.05) is 18.2 Å². The molecule has 21 heavy (non-hydrogen) atoms. The molecule has 0 radical (unpaired) electrons. The second kappa shape index (κ2) is 8.13. The van der Waals surface area contributed by atoms with E-state index in [4.69, 9.17) is 10.5 Å². The lowest BCUT2D eigenvalue weighted by Gasteiger charge is -2.30. The lowest BCUT2D eigenvalue weighted by atomic mass is 9.79. The Morgan fingerprint density at radius 3 is 2.76 bits per heavy atom. The highest BCUT2D eigenvalue weighted by Gasteiger charge is 2.24. The summed E-state index contributed by atoms with van der Waals surface area (Å²) in [6.45, 7) is 3.92. The number of hydrogen-bond acceptors (Lipinski definition) is 4. The molecular weight excluding hydrogens is 264 g/mol. The highest BCUT2D eigenvalue weighted by atomic mass is 16.5. The van der Waals surface area contributed by atoms with Gasteiger partial charge in [0.05, 0.1) is 18.0 Å². The van der Waals surface area contributed by atoms with E-state index >= 15 is 0 Å². The van der Waals surface area contributed by atoms with E-state index < -0.39 is 0 Å². The van der Waals surface area contributed by atoms with Gasteiger partial charge in [-0.25, -0.2) is 0 Å². The third kappa shape index (κ3) is 4.27. The summed E-state index contributed by atoms with van der Waals surface area (Å²) in [5.41, 5.74) is 7.79. The molecule has 118 valence electrons. The Hall–Kier alpha value is -1.42. The van der Waals surface area contributed by atoms with Crippen LogP contribution in [0.5, 0.6) is 5.75 Å². The topological polar surface area (TPSA) is 67.5 Å². The molecule has 0 bridgehead atoms. The first-order valence-corrected chi connectivity index (χ1v) is 8.12. The van der Waals surface area contributed by atoms with Crippen molar-refractivity contribution in [1.82, 2.24) is 0 Å². The van der Waals surface area contributed by atoms with Gasteiger partial charge in [0.2, 0.25) is 0 Å². The van der Waals surface area contributed by atoms with Crippen LogP contribution in [-0.2, 0) is 0 Å². The van der Waals surface area contributed by atoms with Crippen LogP contribution in [0.4, 0.5) is 11.4 Å². The Morgan fingerprint density at radius 1 is 1.29 bits per heavy atom. The van der Waals surface area contributed by atoms with Gasteiger partial charge in [-0.1, -0.05) is 25.8 Å². The number of nitrogens with one attached hydrogen (secondary N) is 1. The fraction of sp³-hybridized carbons (Fsp3) is 0.647. The molecule has 0 amide bonds. The van der Waals surface area contributed by atoms with Crippen LogP contribution in [0, 0.1) is 11.8 Å². The summed E-state index contributed by atoms with van der Waals surface area (Å²) in [7, 11) is 0. The molecule has 1 fully saturated rings. The largest absolute Gasteiger partial charge is 0.491 e. The van der Waals surface area contributed by atoms with Crippen molar-refractivity contribution in [3.8, 4) is 5.75 Å². The molecule has 1 aliphatic carbocycles. The zero-order chi connectivity index (χ0) is 15.1. The maximum Gasteiger partial charge on any atom is 0.144 e. The minimum absolute atomic E-state index is 0.293. The van der Waals surface area contributed by atoms with Crippen molar-refractivity contribution in [3.05, 3.63) is 18.2 Å². The molecule has 0 spiro atoms. The summed E-state index contributed by atoms with van der Waals surface area (Å²) in [4.78, 5) is 0. The summed E-state index contributed by atoms with van der Waals surface area (Å²) < 4.78 is 5.66. The van der Waals surface area contributed by atoms with E-state index in [-0.39, 0.29) is 0 Å². The van der Waals surface area contributed by atoms with E-state index in [1.165, 1.54) is 19.3 Å². The molecule has 1 aromatic rings. The van der Waals surface area contributed by atoms with Gasteiger partial charge in [0.1, 0.15) is 5.75 Å². The monoisotopic (exact) mass is 292 g/mol. The molecule has 1 aromatic carbocycles. The smallest absolute Gasteiger partial charge is 0.144 e. The minimum atomic E-state index is 0.293. The van der Waals surface area contributed by atoms with Crippen molar-refractivity contribution in [1.29, 1.82) is 0 Å². The van der Waals surface area contributed by atoms with E-state index in [1.54, 1.807) is 0 Å². The molecule has 4 nitrogen and oxygen atoms in total. The molecule has 2 rings (SSSR count). The molecule has 1 aliphatic rings. The highest BCUT2D eigenvalue weighted by molar-refractivity contribution is 5.72. The number of ether oxygens (including phenoxy) is 1. The molecular formula is C17H28N2O2. The van der Waals surface area contributed by atoms with Crippen LogP contribution in [-0.4, -0.2) is 24.9 Å². The molecule has 0 aliphatic heterocycles. The first-order valence-electron chi connectivity index (χ1n) is 8.12. The summed E-state index contributed by atoms with van der Waals surface area (Å²) in [5, 5.41) is 12.9. The average Bonchev–Trinajstić information content (AvgIpc) is 2.53. The molecule has 2 atom stereocenters. The van der Waals surface area contributed by atoms with Gasteiger partial charge in [0.25, 0.3) is 0 Å². The third-order valence-corrected chi connectivity index (χ3v) is 4.38. The maximum atomic E-state index is 9.48. The summed E-state index contributed by atoms with van der Waals surface area (Å²) >= 11 is 0. The number of benzene rings is 1. The Bertz CT molecular complexity index is 437. The van der Waals surface area contributed by atoms with Crippen molar-refractivity contribution >= 4 is 11.4 Å². The molecule has 4 N–H and O–H groups in total. The minimum Gasteiger partial charge on any atom is -0.491 e. The zero-order valence-electron chi connectivity index (χ0n) is 13.0. The van der Waals surface area contributed by atoms with Crippen molar-refractivity contribution in [3.63, 3.8) is 0 Å². The number of aliphatic hydroxyl groups excluding tert-OH is 1. The Kier molecular flexibility index (Phi) is 6.18. The van der Waals surface area contributed by atoms with E-state index in [0.717, 1.165) is 30.8 Å². The molecule has 0 saturated heterocycles. The van der Waals surface area contributed by atoms with E-state index in [2.05, 4.69) is 12.2 Å². The van der Waals surface area contributed by atoms with Crippen molar-refractivity contribution in [2.24, 2.45) is 11.8 Å². The SMILES string of the molecule is CCCOc1cccc(NCC2CCCCC2CO)c1N. The van der Waals surface area contributed by atoms with Crippen LogP contribution in [0.1, 0.15) is 39.0 Å². The maximum absolute atomic E-state index is 9.48. The summed E-state index contributed by atoms with van der Waals surface area (Å²) in [6.07, 6.45) is 5.79. The van der Waals surface area contributed by atoms with Crippen LogP contribution < -0.4 is 15.8 Å². The number of hydrogen-bond donors (Lipinski definition) is 3. The lowest BCUT2D eigenvalue weighted by Crippen LogP contribution is -2.28. The van der Waals surface area contributed by atoms with Crippen molar-refractivity contribution in [2.45, 2.75) is 39.0 Å². The number of aliphatic hydroxyl groups is 1. The van der Waals surface area contributed by atoms with Gasteiger partial charge in [-0.3, -0.25) is 0 Å². The number of nitrogen functional groups attached to an aromatic ring is 1. The molecule has 1 saturated carbocycles. The van der Waals surface area contributed by atoms with Gasteiger partial charge < -0.3 is 20.9 Å². The van der Waals surface area contributed by atoms with Crippen LogP contribution in [0.25, 0.3) is 0 Å². The van der Waals surface area contributed by atoms with Gasteiger partial charge in [-0.2, -0.15) is 0 Å². The van der Waals surface area contributed by atoms with Crippen molar-refractivity contribution < 1.29 is 9.84 Å². The Balaban J connectivity index is 1.96. The molecule has 2 unspecified atom stereocenters. The summed E-state index contributed by atoms with van der Waals surface area (Å²) in [5.74, 6) is 1.71. The Labute approximate surface area is 127 Å². The van der Waals surface area contributed by atoms with E-state index in [0.29, 0.717) is 30.7 Å². The number of anilines is 2. The third-order valence-electron chi connectivity index (χ3n) is 4.38. The number of nitrogens with two attached hydrogens (primary N) is 1. The number of rotatable bonds is 7. The van der Waals surface area contributed by atoms with Crippen LogP contribution in [0.15, 0.2) is 18.2 Å². The predicted molar refractivity (Wildman–Crippen MR) is 87.7 cm³/mol. The highest BCUT2D eigenvalue weighted by Crippen LogP contribution is 2.33.